The molecule has 1 atom stereocenters. The number of oxime groups is 1. The molecule has 0 radical (unpaired) electrons. The maximum atomic E-state index is 11.1. The number of hydrogen-bond acceptors (Lipinski definition) is 5. The minimum atomic E-state index is -0.726. The second-order valence-electron chi connectivity index (χ2n) is 3.24. The molecule has 0 aliphatic carbocycles. The van der Waals surface area contributed by atoms with E-state index in [1.807, 2.05) is 0 Å². The van der Waals surface area contributed by atoms with Crippen molar-refractivity contribution in [3.8, 4) is 0 Å². The summed E-state index contributed by atoms with van der Waals surface area (Å²) in [4.78, 5) is 15.6. The fraction of sp³-hybridized carbons (Fsp3) is 0.200. The molecule has 0 fully saturated rings. The zero-order valence-corrected chi connectivity index (χ0v) is 9.18. The van der Waals surface area contributed by atoms with Gasteiger partial charge >= 0.3 is 5.97 Å². The van der Waals surface area contributed by atoms with E-state index in [0.717, 1.165) is 0 Å². The molecule has 5 nitrogen and oxygen atoms in total. The van der Waals surface area contributed by atoms with E-state index < -0.39 is 12.0 Å². The lowest BCUT2D eigenvalue weighted by Gasteiger charge is -1.97. The summed E-state index contributed by atoms with van der Waals surface area (Å²) in [5.74, 6) is -0.504. The van der Waals surface area contributed by atoms with Gasteiger partial charge in [-0.2, -0.15) is 10.2 Å². The third kappa shape index (κ3) is 2.25. The van der Waals surface area contributed by atoms with Crippen molar-refractivity contribution in [1.82, 2.24) is 0 Å². The van der Waals surface area contributed by atoms with Crippen molar-refractivity contribution >= 4 is 29.0 Å². The van der Waals surface area contributed by atoms with Crippen LogP contribution in [0, 0.1) is 0 Å². The Morgan fingerprint density at radius 1 is 1.38 bits per heavy atom. The molecule has 1 aliphatic rings. The smallest absolute Gasteiger partial charge is 0.315 e. The van der Waals surface area contributed by atoms with E-state index in [9.17, 15) is 4.79 Å². The Morgan fingerprint density at radius 3 is 2.62 bits per heavy atom. The van der Waals surface area contributed by atoms with E-state index in [1.54, 1.807) is 31.2 Å². The molecule has 1 aromatic carbocycles. The number of nitrogens with zero attached hydrogens (tertiary/aromatic N) is 3. The molecule has 0 spiro atoms. The van der Waals surface area contributed by atoms with E-state index >= 15 is 0 Å². The number of benzene rings is 1. The lowest BCUT2D eigenvalue weighted by atomic mass is 10.2. The zero-order valence-electron chi connectivity index (χ0n) is 8.42. The molecule has 0 aromatic heterocycles. The largest absolute Gasteiger partial charge is 0.367 e. The summed E-state index contributed by atoms with van der Waals surface area (Å²) in [5.41, 5.74) is 1.12. The van der Waals surface area contributed by atoms with Gasteiger partial charge in [0.05, 0.1) is 11.4 Å². The van der Waals surface area contributed by atoms with Crippen molar-refractivity contribution in [2.75, 3.05) is 0 Å². The minimum Gasteiger partial charge on any atom is -0.315 e. The molecular formula is C10H8ClN3O2. The first kappa shape index (κ1) is 10.8. The Balaban J connectivity index is 2.12. The number of hydrogen-bond donors (Lipinski definition) is 0. The van der Waals surface area contributed by atoms with Crippen LogP contribution in [0.3, 0.4) is 0 Å². The van der Waals surface area contributed by atoms with E-state index in [4.69, 9.17) is 11.6 Å². The van der Waals surface area contributed by atoms with Gasteiger partial charge in [0.15, 0.2) is 0 Å². The molecular weight excluding hydrogens is 230 g/mol. The number of halogens is 1. The van der Waals surface area contributed by atoms with E-state index in [0.29, 0.717) is 16.4 Å². The summed E-state index contributed by atoms with van der Waals surface area (Å²) in [6, 6.07) is 6.08. The molecule has 1 unspecified atom stereocenters. The van der Waals surface area contributed by atoms with Crippen LogP contribution in [0.1, 0.15) is 6.92 Å². The van der Waals surface area contributed by atoms with Crippen LogP contribution in [0.2, 0.25) is 5.02 Å². The van der Waals surface area contributed by atoms with Crippen LogP contribution in [0.25, 0.3) is 0 Å². The first-order valence-electron chi connectivity index (χ1n) is 4.58. The molecule has 6 heteroatoms. The highest BCUT2D eigenvalue weighted by Crippen LogP contribution is 2.18. The molecule has 16 heavy (non-hydrogen) atoms. The van der Waals surface area contributed by atoms with Crippen molar-refractivity contribution in [3.05, 3.63) is 29.3 Å². The summed E-state index contributed by atoms with van der Waals surface area (Å²) in [6.45, 7) is 1.66. The predicted octanol–water partition coefficient (Wildman–Crippen LogP) is 2.73. The zero-order chi connectivity index (χ0) is 11.5. The number of rotatable bonds is 2. The van der Waals surface area contributed by atoms with Gasteiger partial charge in [-0.3, -0.25) is 0 Å². The first-order chi connectivity index (χ1) is 7.66. The quantitative estimate of drug-likeness (QED) is 0.586. The first-order valence-corrected chi connectivity index (χ1v) is 4.96. The van der Waals surface area contributed by atoms with Gasteiger partial charge in [-0.15, -0.1) is 0 Å². The van der Waals surface area contributed by atoms with Crippen LogP contribution < -0.4 is 0 Å². The van der Waals surface area contributed by atoms with E-state index in [1.165, 1.54) is 0 Å². The molecule has 0 bridgehead atoms. The van der Waals surface area contributed by atoms with E-state index in [-0.39, 0.29) is 0 Å². The standard InChI is InChI=1S/C10H8ClN3O2/c1-6-9(10(15)16-14-6)13-12-8-4-2-7(11)3-5-8/h2-5,9H,1H3. The Kier molecular flexibility index (Phi) is 2.96. The van der Waals surface area contributed by atoms with Crippen LogP contribution in [0.5, 0.6) is 0 Å². The third-order valence-corrected chi connectivity index (χ3v) is 2.27. The Labute approximate surface area is 96.8 Å². The third-order valence-electron chi connectivity index (χ3n) is 2.01. The molecule has 2 rings (SSSR count). The molecule has 0 amide bonds. The highest BCUT2D eigenvalue weighted by Gasteiger charge is 2.29. The van der Waals surface area contributed by atoms with Crippen molar-refractivity contribution < 1.29 is 9.63 Å². The summed E-state index contributed by atoms with van der Waals surface area (Å²) in [7, 11) is 0. The highest BCUT2D eigenvalue weighted by atomic mass is 35.5. The second-order valence-corrected chi connectivity index (χ2v) is 3.67. The summed E-state index contributed by atoms with van der Waals surface area (Å²) < 4.78 is 0. The van der Waals surface area contributed by atoms with Crippen LogP contribution in [-0.4, -0.2) is 17.7 Å². The molecule has 0 saturated carbocycles. The molecule has 82 valence electrons. The van der Waals surface area contributed by atoms with Gasteiger partial charge in [0, 0.05) is 5.02 Å². The Morgan fingerprint density at radius 2 is 2.06 bits per heavy atom. The van der Waals surface area contributed by atoms with Gasteiger partial charge < -0.3 is 4.84 Å². The van der Waals surface area contributed by atoms with Crippen LogP contribution in [0.4, 0.5) is 5.69 Å². The van der Waals surface area contributed by atoms with Gasteiger partial charge in [0.1, 0.15) is 0 Å². The lowest BCUT2D eigenvalue weighted by molar-refractivity contribution is -0.141. The Bertz CT molecular complexity index is 467. The van der Waals surface area contributed by atoms with Crippen molar-refractivity contribution in [2.45, 2.75) is 13.0 Å². The molecule has 1 aliphatic heterocycles. The molecule has 0 saturated heterocycles. The monoisotopic (exact) mass is 237 g/mol. The maximum Gasteiger partial charge on any atom is 0.367 e. The average Bonchev–Trinajstić information content (AvgIpc) is 2.59. The van der Waals surface area contributed by atoms with Gasteiger partial charge in [-0.25, -0.2) is 4.79 Å². The number of carbonyl (C=O) groups excluding carboxylic acids is 1. The number of azo groups is 1. The van der Waals surface area contributed by atoms with Gasteiger partial charge in [-0.1, -0.05) is 16.8 Å². The molecule has 0 N–H and O–H groups in total. The lowest BCUT2D eigenvalue weighted by Crippen LogP contribution is -2.19. The van der Waals surface area contributed by atoms with Crippen molar-refractivity contribution in [3.63, 3.8) is 0 Å². The topological polar surface area (TPSA) is 63.4 Å². The van der Waals surface area contributed by atoms with Crippen molar-refractivity contribution in [2.24, 2.45) is 15.4 Å². The maximum absolute atomic E-state index is 11.1. The van der Waals surface area contributed by atoms with Crippen LogP contribution >= 0.6 is 11.6 Å². The van der Waals surface area contributed by atoms with E-state index in [2.05, 4.69) is 20.2 Å². The molecule has 1 heterocycles. The average molecular weight is 238 g/mol. The summed E-state index contributed by atoms with van der Waals surface area (Å²) in [5, 5.41) is 11.9. The van der Waals surface area contributed by atoms with Crippen molar-refractivity contribution in [1.29, 1.82) is 0 Å². The van der Waals surface area contributed by atoms with Crippen LogP contribution in [-0.2, 0) is 9.63 Å². The molecule has 1 aromatic rings. The van der Waals surface area contributed by atoms with Gasteiger partial charge in [0.25, 0.3) is 0 Å². The fourth-order valence-corrected chi connectivity index (χ4v) is 1.28. The van der Waals surface area contributed by atoms with Gasteiger partial charge in [0.2, 0.25) is 6.04 Å². The number of carbonyl (C=O) groups is 1. The SMILES string of the molecule is CC1=NOC(=O)C1N=Nc1ccc(Cl)cc1. The normalized spacial score (nSPS) is 20.0. The summed E-state index contributed by atoms with van der Waals surface area (Å²) in [6.07, 6.45) is 0. The van der Waals surface area contributed by atoms with Gasteiger partial charge in [-0.05, 0) is 31.2 Å². The fourth-order valence-electron chi connectivity index (χ4n) is 1.15. The second kappa shape index (κ2) is 4.40. The van der Waals surface area contributed by atoms with Crippen LogP contribution in [0.15, 0.2) is 39.6 Å². The minimum absolute atomic E-state index is 0.503. The Hall–Kier alpha value is -1.75. The highest BCUT2D eigenvalue weighted by molar-refractivity contribution is 6.30. The predicted molar refractivity (Wildman–Crippen MR) is 59.0 cm³/mol. The summed E-state index contributed by atoms with van der Waals surface area (Å²) >= 11 is 5.72.